The number of aryl methyl sites for hydroxylation is 1. The van der Waals surface area contributed by atoms with Crippen LogP contribution in [0.5, 0.6) is 0 Å². The number of alkyl halides is 3. The van der Waals surface area contributed by atoms with Gasteiger partial charge in [-0.15, -0.1) is 12.4 Å². The minimum absolute atomic E-state index is 0. The molecule has 0 saturated carbocycles. The zero-order valence-corrected chi connectivity index (χ0v) is 12.3. The molecule has 5 nitrogen and oxygen atoms in total. The highest BCUT2D eigenvalue weighted by molar-refractivity contribution is 5.85. The number of hydrogen-bond donors (Lipinski definition) is 1. The Morgan fingerprint density at radius 1 is 1.24 bits per heavy atom. The molecule has 2 aromatic rings. The molecule has 0 radical (unpaired) electrons. The van der Waals surface area contributed by atoms with Gasteiger partial charge in [-0.2, -0.15) is 23.4 Å². The molecule has 0 aliphatic heterocycles. The van der Waals surface area contributed by atoms with Gasteiger partial charge >= 0.3 is 6.18 Å². The van der Waals surface area contributed by atoms with Crippen LogP contribution >= 0.6 is 12.4 Å². The van der Waals surface area contributed by atoms with E-state index in [-0.39, 0.29) is 12.4 Å². The quantitative estimate of drug-likeness (QED) is 0.888. The molecule has 0 amide bonds. The van der Waals surface area contributed by atoms with Gasteiger partial charge in [0.1, 0.15) is 6.54 Å². The summed E-state index contributed by atoms with van der Waals surface area (Å²) in [6.07, 6.45) is 0.754. The summed E-state index contributed by atoms with van der Waals surface area (Å²) in [5.74, 6) is 0. The van der Waals surface area contributed by atoms with Gasteiger partial charge < -0.3 is 5.32 Å². The molecule has 0 atom stereocenters. The highest BCUT2D eigenvalue weighted by Gasteiger charge is 2.29. The minimum atomic E-state index is -4.26. The van der Waals surface area contributed by atoms with Crippen molar-refractivity contribution in [2.75, 3.05) is 0 Å². The van der Waals surface area contributed by atoms with E-state index in [0.29, 0.717) is 18.8 Å². The fourth-order valence-electron chi connectivity index (χ4n) is 1.83. The van der Waals surface area contributed by atoms with E-state index in [1.165, 1.54) is 6.20 Å². The average molecular weight is 324 g/mol. The number of rotatable bonds is 6. The SMILES string of the molecule is CCn1cc(CNCc2ccnn2CC(F)(F)F)cn1.Cl. The largest absolute Gasteiger partial charge is 0.408 e. The first-order valence-electron chi connectivity index (χ1n) is 6.27. The van der Waals surface area contributed by atoms with E-state index in [2.05, 4.69) is 15.5 Å². The predicted molar refractivity (Wildman–Crippen MR) is 74.0 cm³/mol. The Hall–Kier alpha value is -1.54. The number of nitrogens with zero attached hydrogens (tertiary/aromatic N) is 4. The van der Waals surface area contributed by atoms with Crippen molar-refractivity contribution in [1.82, 2.24) is 24.9 Å². The zero-order chi connectivity index (χ0) is 14.6. The Morgan fingerprint density at radius 3 is 2.62 bits per heavy atom. The number of nitrogens with one attached hydrogen (secondary N) is 1. The molecular weight excluding hydrogens is 307 g/mol. The van der Waals surface area contributed by atoms with Crippen LogP contribution in [0.15, 0.2) is 24.7 Å². The summed E-state index contributed by atoms with van der Waals surface area (Å²) in [5.41, 5.74) is 1.50. The van der Waals surface area contributed by atoms with Gasteiger partial charge in [0.15, 0.2) is 0 Å². The summed E-state index contributed by atoms with van der Waals surface area (Å²) >= 11 is 0. The van der Waals surface area contributed by atoms with Gasteiger partial charge in [0.05, 0.1) is 11.9 Å². The summed E-state index contributed by atoms with van der Waals surface area (Å²) in [5, 5.41) is 10.9. The molecule has 0 bridgehead atoms. The molecule has 2 rings (SSSR count). The van der Waals surface area contributed by atoms with Crippen LogP contribution in [0.3, 0.4) is 0 Å². The molecule has 0 aliphatic rings. The van der Waals surface area contributed by atoms with Crippen molar-refractivity contribution in [1.29, 1.82) is 0 Å². The molecule has 0 aliphatic carbocycles. The number of aromatic nitrogens is 4. The van der Waals surface area contributed by atoms with Crippen molar-refractivity contribution in [2.24, 2.45) is 0 Å². The highest BCUT2D eigenvalue weighted by atomic mass is 35.5. The fourth-order valence-corrected chi connectivity index (χ4v) is 1.83. The third kappa shape index (κ3) is 5.39. The summed E-state index contributed by atoms with van der Waals surface area (Å²) in [6, 6.07) is 1.58. The monoisotopic (exact) mass is 323 g/mol. The summed E-state index contributed by atoms with van der Waals surface area (Å²) < 4.78 is 39.8. The maximum absolute atomic E-state index is 12.3. The Kier molecular flexibility index (Phi) is 6.22. The molecule has 0 spiro atoms. The van der Waals surface area contributed by atoms with E-state index in [9.17, 15) is 13.2 Å². The lowest BCUT2D eigenvalue weighted by molar-refractivity contribution is -0.143. The van der Waals surface area contributed by atoms with Crippen LogP contribution in [0.4, 0.5) is 13.2 Å². The van der Waals surface area contributed by atoms with Crippen LogP contribution in [-0.2, 0) is 26.2 Å². The molecular formula is C12H17ClF3N5. The van der Waals surface area contributed by atoms with Crippen molar-refractivity contribution in [3.05, 3.63) is 35.9 Å². The van der Waals surface area contributed by atoms with E-state index in [0.717, 1.165) is 16.8 Å². The van der Waals surface area contributed by atoms with E-state index < -0.39 is 12.7 Å². The fraction of sp³-hybridized carbons (Fsp3) is 0.500. The Balaban J connectivity index is 0.00000220. The maximum atomic E-state index is 12.3. The van der Waals surface area contributed by atoms with E-state index >= 15 is 0 Å². The first-order valence-corrected chi connectivity index (χ1v) is 6.27. The Morgan fingerprint density at radius 2 is 2.00 bits per heavy atom. The molecule has 0 aromatic carbocycles. The minimum Gasteiger partial charge on any atom is -0.307 e. The first-order chi connectivity index (χ1) is 9.48. The van der Waals surface area contributed by atoms with Crippen molar-refractivity contribution in [3.63, 3.8) is 0 Å². The summed E-state index contributed by atoms with van der Waals surface area (Å²) in [6.45, 7) is 2.59. The second kappa shape index (κ2) is 7.46. The number of hydrogen-bond acceptors (Lipinski definition) is 3. The van der Waals surface area contributed by atoms with E-state index in [1.807, 2.05) is 13.1 Å². The van der Waals surface area contributed by atoms with Gasteiger partial charge in [0, 0.05) is 37.6 Å². The predicted octanol–water partition coefficient (Wildman–Crippen LogP) is 2.37. The molecule has 0 saturated heterocycles. The van der Waals surface area contributed by atoms with Crippen molar-refractivity contribution in [2.45, 2.75) is 39.3 Å². The standard InChI is InChI=1S/C12H16F3N5.ClH/c1-2-19-8-10(6-18-19)5-16-7-11-3-4-17-20(11)9-12(13,14)15;/h3-4,6,8,16H,2,5,7,9H2,1H3;1H. The van der Waals surface area contributed by atoms with Gasteiger partial charge in [-0.05, 0) is 13.0 Å². The van der Waals surface area contributed by atoms with Crippen LogP contribution in [0.1, 0.15) is 18.2 Å². The third-order valence-corrected chi connectivity index (χ3v) is 2.78. The van der Waals surface area contributed by atoms with Gasteiger partial charge in [-0.1, -0.05) is 0 Å². The number of halogens is 4. The van der Waals surface area contributed by atoms with Gasteiger partial charge in [-0.3, -0.25) is 9.36 Å². The van der Waals surface area contributed by atoms with Crippen LogP contribution < -0.4 is 5.32 Å². The summed E-state index contributed by atoms with van der Waals surface area (Å²) in [4.78, 5) is 0. The molecule has 21 heavy (non-hydrogen) atoms. The molecule has 1 N–H and O–H groups in total. The van der Waals surface area contributed by atoms with Gasteiger partial charge in [-0.25, -0.2) is 0 Å². The van der Waals surface area contributed by atoms with Gasteiger partial charge in [0.25, 0.3) is 0 Å². The smallest absolute Gasteiger partial charge is 0.307 e. The Bertz CT molecular complexity index is 549. The molecule has 9 heteroatoms. The van der Waals surface area contributed by atoms with Crippen molar-refractivity contribution < 1.29 is 13.2 Å². The maximum Gasteiger partial charge on any atom is 0.408 e. The topological polar surface area (TPSA) is 47.7 Å². The van der Waals surface area contributed by atoms with E-state index in [1.54, 1.807) is 16.9 Å². The molecule has 0 unspecified atom stereocenters. The van der Waals surface area contributed by atoms with Crippen LogP contribution in [0, 0.1) is 0 Å². The lowest BCUT2D eigenvalue weighted by Crippen LogP contribution is -2.23. The third-order valence-electron chi connectivity index (χ3n) is 2.78. The lowest BCUT2D eigenvalue weighted by atomic mass is 10.3. The van der Waals surface area contributed by atoms with Crippen molar-refractivity contribution in [3.8, 4) is 0 Å². The normalized spacial score (nSPS) is 11.4. The average Bonchev–Trinajstić information content (AvgIpc) is 2.97. The zero-order valence-electron chi connectivity index (χ0n) is 11.5. The summed E-state index contributed by atoms with van der Waals surface area (Å²) in [7, 11) is 0. The van der Waals surface area contributed by atoms with Crippen LogP contribution in [0.2, 0.25) is 0 Å². The first kappa shape index (κ1) is 17.5. The highest BCUT2D eigenvalue weighted by Crippen LogP contribution is 2.17. The van der Waals surface area contributed by atoms with Crippen LogP contribution in [0.25, 0.3) is 0 Å². The molecule has 118 valence electrons. The second-order valence-electron chi connectivity index (χ2n) is 4.40. The van der Waals surface area contributed by atoms with E-state index in [4.69, 9.17) is 0 Å². The Labute approximate surface area is 126 Å². The second-order valence-corrected chi connectivity index (χ2v) is 4.40. The van der Waals surface area contributed by atoms with Gasteiger partial charge in [0.2, 0.25) is 0 Å². The molecule has 2 heterocycles. The molecule has 0 fully saturated rings. The van der Waals surface area contributed by atoms with Crippen LogP contribution in [-0.4, -0.2) is 25.7 Å². The van der Waals surface area contributed by atoms with Crippen molar-refractivity contribution >= 4 is 12.4 Å². The lowest BCUT2D eigenvalue weighted by Gasteiger charge is -2.10. The molecule has 2 aromatic heterocycles.